The molecule has 5 rings (SSSR count). The first-order chi connectivity index (χ1) is 16.9. The van der Waals surface area contributed by atoms with Crippen LogP contribution in [0.2, 0.25) is 0 Å². The van der Waals surface area contributed by atoms with E-state index in [1.807, 2.05) is 30.0 Å². The second kappa shape index (κ2) is 11.0. The highest BCUT2D eigenvalue weighted by molar-refractivity contribution is 8.08. The molecule has 0 atom stereocenters. The van der Waals surface area contributed by atoms with E-state index in [1.54, 1.807) is 17.6 Å². The molecule has 4 nitrogen and oxygen atoms in total. The second-order valence-corrected chi connectivity index (χ2v) is 9.76. The number of benzene rings is 2. The molecular formula is C27H26F2N3OS2+. The molecule has 0 fully saturated rings. The largest absolute Gasteiger partial charge is 0.465 e. The van der Waals surface area contributed by atoms with Crippen LogP contribution in [-0.4, -0.2) is 7.05 Å². The van der Waals surface area contributed by atoms with Crippen molar-refractivity contribution in [2.45, 2.75) is 24.9 Å². The molecule has 0 amide bonds. The molecule has 0 spiro atoms. The molecule has 2 N–H and O–H groups in total. The number of nitrogens with zero attached hydrogens (tertiary/aromatic N) is 2. The third kappa shape index (κ3) is 5.40. The molecule has 0 bridgehead atoms. The molecule has 3 aromatic rings. The first-order valence-corrected chi connectivity index (χ1v) is 12.7. The highest BCUT2D eigenvalue weighted by Crippen LogP contribution is 2.45. The average Bonchev–Trinajstić information content (AvgIpc) is 3.37. The van der Waals surface area contributed by atoms with Gasteiger partial charge in [-0.15, -0.1) is 0 Å². The minimum absolute atomic E-state index is 0.233. The molecule has 2 aromatic carbocycles. The fourth-order valence-electron chi connectivity index (χ4n) is 3.62. The van der Waals surface area contributed by atoms with Gasteiger partial charge in [0.05, 0.1) is 18.0 Å². The van der Waals surface area contributed by atoms with E-state index in [9.17, 15) is 8.78 Å². The maximum absolute atomic E-state index is 12.3. The summed E-state index contributed by atoms with van der Waals surface area (Å²) in [5.74, 6) is -0.835. The van der Waals surface area contributed by atoms with Crippen molar-refractivity contribution in [1.82, 2.24) is 0 Å². The molecule has 35 heavy (non-hydrogen) atoms. The van der Waals surface area contributed by atoms with Gasteiger partial charge in [-0.2, -0.15) is 4.57 Å². The Bertz CT molecular complexity index is 1440. The maximum Gasteiger partial charge on any atom is 0.266 e. The number of fused-ring (bicyclic) bond motifs is 1. The van der Waals surface area contributed by atoms with E-state index in [4.69, 9.17) is 10.5 Å². The average molecular weight is 511 g/mol. The summed E-state index contributed by atoms with van der Waals surface area (Å²) in [5, 5.41) is 3.44. The van der Waals surface area contributed by atoms with Crippen molar-refractivity contribution in [3.8, 4) is 0 Å². The molecule has 3 heterocycles. The number of hydrogen-bond donors (Lipinski definition) is 1. The molecule has 0 aliphatic carbocycles. The van der Waals surface area contributed by atoms with Crippen molar-refractivity contribution >= 4 is 46.5 Å². The molecule has 1 aromatic heterocycles. The van der Waals surface area contributed by atoms with Gasteiger partial charge >= 0.3 is 0 Å². The number of nitrogens with two attached hydrogens (primary N) is 1. The predicted octanol–water partition coefficient (Wildman–Crippen LogP) is 4.64. The van der Waals surface area contributed by atoms with Crippen LogP contribution in [0.1, 0.15) is 17.5 Å². The van der Waals surface area contributed by atoms with E-state index in [2.05, 4.69) is 60.4 Å². The van der Waals surface area contributed by atoms with E-state index >= 15 is 0 Å². The predicted molar refractivity (Wildman–Crippen MR) is 141 cm³/mol. The summed E-state index contributed by atoms with van der Waals surface area (Å²) in [7, 11) is 2.12. The topological polar surface area (TPSA) is 42.4 Å². The molecule has 0 radical (unpaired) electrons. The Morgan fingerprint density at radius 3 is 2.60 bits per heavy atom. The SMILES string of the molecule is C=c1/c(=C2\Sc3ccccc3N2C)sc(/C=C2\C=CC=CO2)[n+]1CC.NCc1ccc(F)c(F)c1. The lowest BCUT2D eigenvalue weighted by atomic mass is 10.2. The van der Waals surface area contributed by atoms with Crippen molar-refractivity contribution in [2.24, 2.45) is 5.73 Å². The Hall–Kier alpha value is -3.20. The third-order valence-electron chi connectivity index (χ3n) is 5.45. The Kier molecular flexibility index (Phi) is 7.85. The maximum atomic E-state index is 12.3. The summed E-state index contributed by atoms with van der Waals surface area (Å²) < 4.78 is 33.6. The van der Waals surface area contributed by atoms with Gasteiger partial charge < -0.3 is 15.4 Å². The lowest BCUT2D eigenvalue weighted by molar-refractivity contribution is -0.703. The van der Waals surface area contributed by atoms with Crippen molar-refractivity contribution < 1.29 is 18.1 Å². The monoisotopic (exact) mass is 510 g/mol. The molecule has 2 aliphatic heterocycles. The first kappa shape index (κ1) is 24.9. The summed E-state index contributed by atoms with van der Waals surface area (Å²) in [6.07, 6.45) is 9.63. The van der Waals surface area contributed by atoms with Crippen LogP contribution in [-0.2, 0) is 17.8 Å². The van der Waals surface area contributed by atoms with Crippen LogP contribution in [0.5, 0.6) is 0 Å². The van der Waals surface area contributed by atoms with Crippen molar-refractivity contribution in [3.63, 3.8) is 0 Å². The number of para-hydroxylation sites is 1. The van der Waals surface area contributed by atoms with E-state index < -0.39 is 11.6 Å². The second-order valence-electron chi connectivity index (χ2n) is 7.70. The van der Waals surface area contributed by atoms with Crippen LogP contribution in [0.25, 0.3) is 17.7 Å². The first-order valence-electron chi connectivity index (χ1n) is 11.0. The van der Waals surface area contributed by atoms with Gasteiger partial charge in [-0.25, -0.2) is 8.78 Å². The number of thioether (sulfide) groups is 1. The smallest absolute Gasteiger partial charge is 0.266 e. The quantitative estimate of drug-likeness (QED) is 0.522. The number of ether oxygens (including phenoxy) is 1. The minimum atomic E-state index is -0.844. The Morgan fingerprint density at radius 1 is 1.14 bits per heavy atom. The van der Waals surface area contributed by atoms with Gasteiger partial charge in [-0.3, -0.25) is 0 Å². The minimum Gasteiger partial charge on any atom is -0.465 e. The fourth-order valence-corrected chi connectivity index (χ4v) is 6.17. The fraction of sp³-hybridized carbons (Fsp3) is 0.148. The van der Waals surface area contributed by atoms with Crippen LogP contribution in [0.4, 0.5) is 14.5 Å². The van der Waals surface area contributed by atoms with Crippen LogP contribution in [0.3, 0.4) is 0 Å². The molecule has 0 saturated heterocycles. The van der Waals surface area contributed by atoms with E-state index in [0.29, 0.717) is 5.56 Å². The number of rotatable bonds is 3. The summed E-state index contributed by atoms with van der Waals surface area (Å²) >= 11 is 3.58. The van der Waals surface area contributed by atoms with Crippen LogP contribution in [0, 0.1) is 11.6 Å². The van der Waals surface area contributed by atoms with E-state index in [-0.39, 0.29) is 6.54 Å². The normalized spacial score (nSPS) is 16.7. The number of aromatic nitrogens is 1. The molecule has 180 valence electrons. The Balaban J connectivity index is 0.000000243. The lowest BCUT2D eigenvalue weighted by Gasteiger charge is -2.11. The summed E-state index contributed by atoms with van der Waals surface area (Å²) in [5.41, 5.74) is 7.03. The molecule has 0 unspecified atom stereocenters. The van der Waals surface area contributed by atoms with E-state index in [1.165, 1.54) is 26.2 Å². The van der Waals surface area contributed by atoms with Crippen LogP contribution in [0.15, 0.2) is 77.6 Å². The zero-order valence-corrected chi connectivity index (χ0v) is 21.1. The Labute approximate surface area is 211 Å². The highest BCUT2D eigenvalue weighted by atomic mass is 32.2. The van der Waals surface area contributed by atoms with Crippen molar-refractivity contribution in [3.05, 3.63) is 105 Å². The number of anilines is 1. The zero-order chi connectivity index (χ0) is 24.9. The van der Waals surface area contributed by atoms with Crippen LogP contribution < -0.4 is 25.1 Å². The number of halogens is 2. The number of allylic oxidation sites excluding steroid dienone is 3. The molecule has 8 heteroatoms. The van der Waals surface area contributed by atoms with Gasteiger partial charge in [0.2, 0.25) is 5.35 Å². The van der Waals surface area contributed by atoms with Gasteiger partial charge in [0, 0.05) is 18.5 Å². The van der Waals surface area contributed by atoms with E-state index in [0.717, 1.165) is 34.8 Å². The molecule has 2 aliphatic rings. The van der Waals surface area contributed by atoms with Crippen LogP contribution >= 0.6 is 23.1 Å². The lowest BCUT2D eigenvalue weighted by Crippen LogP contribution is -2.52. The van der Waals surface area contributed by atoms with Crippen molar-refractivity contribution in [2.75, 3.05) is 11.9 Å². The standard InChI is InChI=1S/C20H19N2OS2.C7H7F2N/c1-4-22-14(2)19(25-18(22)13-15-9-7-8-12-23-15)20-21(3)16-10-5-6-11-17(16)24-20;8-6-2-1-5(4-10)3-7(6)9/h5-13H,2,4H2,1,3H3;1-3H,4,10H2/q+1;/b15-13+,20-19+;. The number of thiazole rings is 1. The van der Waals surface area contributed by atoms with Crippen molar-refractivity contribution in [1.29, 1.82) is 0 Å². The zero-order valence-electron chi connectivity index (χ0n) is 19.5. The third-order valence-corrected chi connectivity index (χ3v) is 7.99. The number of hydrogen-bond acceptors (Lipinski definition) is 5. The molecular weight excluding hydrogens is 484 g/mol. The van der Waals surface area contributed by atoms with Gasteiger partial charge in [0.25, 0.3) is 5.01 Å². The summed E-state index contributed by atoms with van der Waals surface area (Å²) in [6, 6.07) is 12.1. The summed E-state index contributed by atoms with van der Waals surface area (Å²) in [6.45, 7) is 7.62. The highest BCUT2D eigenvalue weighted by Gasteiger charge is 2.26. The van der Waals surface area contributed by atoms with Gasteiger partial charge in [0.15, 0.2) is 11.6 Å². The van der Waals surface area contributed by atoms with Gasteiger partial charge in [0.1, 0.15) is 21.9 Å². The Morgan fingerprint density at radius 2 is 1.94 bits per heavy atom. The van der Waals surface area contributed by atoms with Gasteiger partial charge in [-0.05, 0) is 55.5 Å². The van der Waals surface area contributed by atoms with Gasteiger partial charge in [-0.1, -0.05) is 47.4 Å². The summed E-state index contributed by atoms with van der Waals surface area (Å²) in [4.78, 5) is 3.55. The molecule has 0 saturated carbocycles.